The first-order valence-electron chi connectivity index (χ1n) is 8.43. The zero-order valence-corrected chi connectivity index (χ0v) is 17.8. The van der Waals surface area contributed by atoms with Crippen LogP contribution in [-0.2, 0) is 14.8 Å². The number of aryl methyl sites for hydroxylation is 1. The molecule has 1 amide bonds. The number of carbonyl (C=O) groups is 1. The Balaban J connectivity index is 2.13. The van der Waals surface area contributed by atoms with Crippen LogP contribution in [0.15, 0.2) is 46.5 Å². The lowest BCUT2D eigenvalue weighted by molar-refractivity contribution is -0.113. The molecule has 0 unspecified atom stereocenters. The van der Waals surface area contributed by atoms with Gasteiger partial charge in [0, 0.05) is 25.0 Å². The molecule has 2 aromatic rings. The molecule has 9 heteroatoms. The number of amides is 1. The van der Waals surface area contributed by atoms with E-state index in [1.54, 1.807) is 51.2 Å². The highest BCUT2D eigenvalue weighted by Crippen LogP contribution is 2.26. The molecule has 1 aromatic carbocycles. The van der Waals surface area contributed by atoms with E-state index in [1.807, 2.05) is 0 Å². The molecule has 6 nitrogen and oxygen atoms in total. The molecule has 0 aliphatic heterocycles. The summed E-state index contributed by atoms with van der Waals surface area (Å²) in [6, 6.07) is 8.30. The summed E-state index contributed by atoms with van der Waals surface area (Å²) in [5, 5.41) is 3.79. The molecule has 0 spiro atoms. The average Bonchev–Trinajstić information content (AvgIpc) is 2.63. The number of anilines is 1. The zero-order chi connectivity index (χ0) is 20.0. The van der Waals surface area contributed by atoms with E-state index in [2.05, 4.69) is 10.3 Å². The van der Waals surface area contributed by atoms with Gasteiger partial charge in [-0.3, -0.25) is 4.79 Å². The largest absolute Gasteiger partial charge is 0.325 e. The number of benzene rings is 1. The third-order valence-electron chi connectivity index (χ3n) is 3.86. The van der Waals surface area contributed by atoms with Crippen LogP contribution >= 0.6 is 23.4 Å². The van der Waals surface area contributed by atoms with E-state index in [9.17, 15) is 13.2 Å². The van der Waals surface area contributed by atoms with Gasteiger partial charge in [0.05, 0.1) is 15.7 Å². The molecule has 0 radical (unpaired) electrons. The maximum Gasteiger partial charge on any atom is 0.243 e. The van der Waals surface area contributed by atoms with Gasteiger partial charge in [0.25, 0.3) is 0 Å². The molecule has 146 valence electrons. The maximum atomic E-state index is 12.8. The summed E-state index contributed by atoms with van der Waals surface area (Å²) < 4.78 is 27.0. The standard InChI is InChI=1S/C18H22ClN3O3S2/c1-4-22(5-2)27(24,25)16-11-14(9-8-13(16)3)21-17(23)12-26-18-15(19)7-6-10-20-18/h6-11H,4-5,12H2,1-3H3,(H,21,23). The summed E-state index contributed by atoms with van der Waals surface area (Å²) in [6.07, 6.45) is 1.61. The normalized spacial score (nSPS) is 11.6. The minimum atomic E-state index is -3.60. The number of hydrogen-bond acceptors (Lipinski definition) is 5. The van der Waals surface area contributed by atoms with Crippen molar-refractivity contribution in [2.75, 3.05) is 24.2 Å². The van der Waals surface area contributed by atoms with E-state index >= 15 is 0 Å². The summed E-state index contributed by atoms with van der Waals surface area (Å²) in [6.45, 7) is 6.09. The average molecular weight is 428 g/mol. The molecule has 0 fully saturated rings. The quantitative estimate of drug-likeness (QED) is 0.648. The van der Waals surface area contributed by atoms with Gasteiger partial charge < -0.3 is 5.32 Å². The van der Waals surface area contributed by atoms with Crippen LogP contribution in [0.3, 0.4) is 0 Å². The van der Waals surface area contributed by atoms with Crippen molar-refractivity contribution < 1.29 is 13.2 Å². The van der Waals surface area contributed by atoms with Gasteiger partial charge in [0.15, 0.2) is 0 Å². The molecule has 1 N–H and O–H groups in total. The van der Waals surface area contributed by atoms with Crippen molar-refractivity contribution in [3.05, 3.63) is 47.1 Å². The summed E-state index contributed by atoms with van der Waals surface area (Å²) in [7, 11) is -3.60. The molecule has 0 saturated carbocycles. The van der Waals surface area contributed by atoms with Gasteiger partial charge in [-0.15, -0.1) is 0 Å². The number of pyridine rings is 1. The Hall–Kier alpha value is -1.61. The van der Waals surface area contributed by atoms with Gasteiger partial charge >= 0.3 is 0 Å². The minimum absolute atomic E-state index is 0.114. The Kier molecular flexibility index (Phi) is 7.67. The van der Waals surface area contributed by atoms with E-state index < -0.39 is 10.0 Å². The van der Waals surface area contributed by atoms with Gasteiger partial charge in [-0.2, -0.15) is 4.31 Å². The van der Waals surface area contributed by atoms with Gasteiger partial charge in [-0.25, -0.2) is 13.4 Å². The van der Waals surface area contributed by atoms with Crippen LogP contribution in [0.5, 0.6) is 0 Å². The number of thioether (sulfide) groups is 1. The number of rotatable bonds is 8. The fourth-order valence-corrected chi connectivity index (χ4v) is 5.14. The Labute approximate surface area is 169 Å². The zero-order valence-electron chi connectivity index (χ0n) is 15.4. The van der Waals surface area contributed by atoms with E-state index in [0.717, 1.165) is 0 Å². The first kappa shape index (κ1) is 21.7. The van der Waals surface area contributed by atoms with Crippen molar-refractivity contribution in [1.82, 2.24) is 9.29 Å². The van der Waals surface area contributed by atoms with E-state index in [-0.39, 0.29) is 16.6 Å². The lowest BCUT2D eigenvalue weighted by Crippen LogP contribution is -2.31. The number of halogens is 1. The summed E-state index contributed by atoms with van der Waals surface area (Å²) in [5.41, 5.74) is 1.07. The molecule has 1 aromatic heterocycles. The SMILES string of the molecule is CCN(CC)S(=O)(=O)c1cc(NC(=O)CSc2ncccc2Cl)ccc1C. The Morgan fingerprint density at radius 2 is 1.96 bits per heavy atom. The molecule has 0 bridgehead atoms. The van der Waals surface area contributed by atoms with E-state index in [1.165, 1.54) is 22.1 Å². The van der Waals surface area contributed by atoms with Gasteiger partial charge in [-0.05, 0) is 36.8 Å². The van der Waals surface area contributed by atoms with Crippen molar-refractivity contribution in [3.63, 3.8) is 0 Å². The Bertz CT molecular complexity index is 916. The topological polar surface area (TPSA) is 79.4 Å². The van der Waals surface area contributed by atoms with Gasteiger partial charge in [0.1, 0.15) is 5.03 Å². The van der Waals surface area contributed by atoms with Crippen molar-refractivity contribution in [1.29, 1.82) is 0 Å². The first-order chi connectivity index (χ1) is 12.8. The number of carbonyl (C=O) groups excluding carboxylic acids is 1. The Morgan fingerprint density at radius 1 is 1.26 bits per heavy atom. The second kappa shape index (κ2) is 9.54. The van der Waals surface area contributed by atoms with Crippen LogP contribution in [0.2, 0.25) is 5.02 Å². The second-order valence-corrected chi connectivity index (χ2v) is 8.97. The lowest BCUT2D eigenvalue weighted by Gasteiger charge is -2.20. The number of sulfonamides is 1. The van der Waals surface area contributed by atoms with Crippen molar-refractivity contribution in [3.8, 4) is 0 Å². The minimum Gasteiger partial charge on any atom is -0.325 e. The van der Waals surface area contributed by atoms with Crippen LogP contribution in [0.1, 0.15) is 19.4 Å². The van der Waals surface area contributed by atoms with Crippen LogP contribution in [-0.4, -0.2) is 42.5 Å². The fraction of sp³-hybridized carbons (Fsp3) is 0.333. The summed E-state index contributed by atoms with van der Waals surface area (Å²) in [4.78, 5) is 16.5. The molecule has 27 heavy (non-hydrogen) atoms. The number of nitrogens with one attached hydrogen (secondary N) is 1. The molecule has 0 aliphatic carbocycles. The van der Waals surface area contributed by atoms with Crippen molar-refractivity contribution in [2.24, 2.45) is 0 Å². The third-order valence-corrected chi connectivity index (χ3v) is 7.47. The molecule has 0 aliphatic rings. The summed E-state index contributed by atoms with van der Waals surface area (Å²) >= 11 is 7.24. The van der Waals surface area contributed by atoms with E-state index in [4.69, 9.17) is 11.6 Å². The number of aromatic nitrogens is 1. The van der Waals surface area contributed by atoms with Crippen LogP contribution in [0.4, 0.5) is 5.69 Å². The Morgan fingerprint density at radius 3 is 2.59 bits per heavy atom. The predicted octanol–water partition coefficient (Wildman–Crippen LogP) is 3.80. The molecule has 0 saturated heterocycles. The van der Waals surface area contributed by atoms with Crippen LogP contribution in [0, 0.1) is 6.92 Å². The second-order valence-electron chi connectivity index (χ2n) is 5.70. The van der Waals surface area contributed by atoms with Crippen LogP contribution in [0.25, 0.3) is 0 Å². The highest BCUT2D eigenvalue weighted by Gasteiger charge is 2.24. The highest BCUT2D eigenvalue weighted by atomic mass is 35.5. The summed E-state index contributed by atoms with van der Waals surface area (Å²) in [5.74, 6) is -0.153. The highest BCUT2D eigenvalue weighted by molar-refractivity contribution is 8.00. The monoisotopic (exact) mass is 427 g/mol. The van der Waals surface area contributed by atoms with Crippen LogP contribution < -0.4 is 5.32 Å². The number of hydrogen-bond donors (Lipinski definition) is 1. The molecular formula is C18H22ClN3O3S2. The molecule has 0 atom stereocenters. The van der Waals surface area contributed by atoms with Gasteiger partial charge in [0.2, 0.25) is 15.9 Å². The van der Waals surface area contributed by atoms with Crippen molar-refractivity contribution in [2.45, 2.75) is 30.7 Å². The van der Waals surface area contributed by atoms with E-state index in [0.29, 0.717) is 34.4 Å². The molecular weight excluding hydrogens is 406 g/mol. The third kappa shape index (κ3) is 5.44. The molecule has 2 rings (SSSR count). The molecule has 1 heterocycles. The maximum absolute atomic E-state index is 12.8. The smallest absolute Gasteiger partial charge is 0.243 e. The predicted molar refractivity (Wildman–Crippen MR) is 110 cm³/mol. The first-order valence-corrected chi connectivity index (χ1v) is 11.2. The lowest BCUT2D eigenvalue weighted by atomic mass is 10.2. The van der Waals surface area contributed by atoms with Crippen molar-refractivity contribution >= 4 is 45.0 Å². The van der Waals surface area contributed by atoms with Gasteiger partial charge in [-0.1, -0.05) is 43.3 Å². The fourth-order valence-electron chi connectivity index (χ4n) is 2.47. The number of nitrogens with zero attached hydrogens (tertiary/aromatic N) is 2.